The van der Waals surface area contributed by atoms with Crippen LogP contribution in [0.4, 0.5) is 0 Å². The van der Waals surface area contributed by atoms with Crippen molar-refractivity contribution >= 4 is 29.1 Å². The van der Waals surface area contributed by atoms with Gasteiger partial charge in [-0.2, -0.15) is 0 Å². The highest BCUT2D eigenvalue weighted by atomic mass is 32.1. The van der Waals surface area contributed by atoms with Crippen LogP contribution in [0.2, 0.25) is 0 Å². The van der Waals surface area contributed by atoms with Crippen LogP contribution in [0.15, 0.2) is 29.7 Å². The van der Waals surface area contributed by atoms with E-state index in [0.29, 0.717) is 30.8 Å². The van der Waals surface area contributed by atoms with Gasteiger partial charge in [-0.1, -0.05) is 18.2 Å². The molecule has 2 aliphatic heterocycles. The largest absolute Gasteiger partial charge is 0.334 e. The molecule has 1 aromatic heterocycles. The molecule has 114 valence electrons. The van der Waals surface area contributed by atoms with Crippen LogP contribution >= 0.6 is 11.3 Å². The molecule has 2 fully saturated rings. The predicted octanol–water partition coefficient (Wildman–Crippen LogP) is 1.52. The molecule has 0 aromatic carbocycles. The number of likely N-dealkylation sites (tertiary alicyclic amines) is 2. The van der Waals surface area contributed by atoms with E-state index in [4.69, 9.17) is 0 Å². The van der Waals surface area contributed by atoms with Gasteiger partial charge in [0.15, 0.2) is 0 Å². The first-order chi connectivity index (χ1) is 10.7. The number of fused-ring (bicyclic) bond motifs is 1. The Kier molecular flexibility index (Phi) is 3.14. The third-order valence-corrected chi connectivity index (χ3v) is 5.65. The third-order valence-electron chi connectivity index (χ3n) is 4.79. The quantitative estimate of drug-likeness (QED) is 0.614. The Hall–Kier alpha value is -1.95. The summed E-state index contributed by atoms with van der Waals surface area (Å²) in [6.45, 7) is 0.919. The Balaban J connectivity index is 1.44. The average Bonchev–Trinajstić information content (AvgIpc) is 3.09. The summed E-state index contributed by atoms with van der Waals surface area (Å²) in [5, 5.41) is 1.87. The van der Waals surface area contributed by atoms with Crippen molar-refractivity contribution in [1.29, 1.82) is 0 Å². The van der Waals surface area contributed by atoms with E-state index in [0.717, 1.165) is 0 Å². The Morgan fingerprint density at radius 2 is 1.73 bits per heavy atom. The fraction of sp³-hybridized carbons (Fsp3) is 0.438. The van der Waals surface area contributed by atoms with Gasteiger partial charge in [-0.3, -0.25) is 19.3 Å². The first kappa shape index (κ1) is 13.7. The van der Waals surface area contributed by atoms with E-state index >= 15 is 0 Å². The molecule has 4 rings (SSSR count). The van der Waals surface area contributed by atoms with Crippen LogP contribution in [-0.2, 0) is 9.59 Å². The summed E-state index contributed by atoms with van der Waals surface area (Å²) in [7, 11) is 0. The molecule has 0 N–H and O–H groups in total. The van der Waals surface area contributed by atoms with E-state index in [2.05, 4.69) is 0 Å². The lowest BCUT2D eigenvalue weighted by Crippen LogP contribution is -2.62. The maximum absolute atomic E-state index is 12.5. The van der Waals surface area contributed by atoms with E-state index in [1.807, 2.05) is 23.6 Å². The number of hydrogen-bond donors (Lipinski definition) is 0. The van der Waals surface area contributed by atoms with Gasteiger partial charge in [0, 0.05) is 13.1 Å². The summed E-state index contributed by atoms with van der Waals surface area (Å²) in [6, 6.07) is 3.50. The maximum atomic E-state index is 12.5. The minimum Gasteiger partial charge on any atom is -0.334 e. The Morgan fingerprint density at radius 1 is 1.09 bits per heavy atom. The zero-order chi connectivity index (χ0) is 15.3. The fourth-order valence-electron chi connectivity index (χ4n) is 3.53. The molecule has 6 heteroatoms. The lowest BCUT2D eigenvalue weighted by molar-refractivity contribution is -0.145. The molecule has 0 radical (unpaired) electrons. The second-order valence-corrected chi connectivity index (χ2v) is 6.99. The predicted molar refractivity (Wildman–Crippen MR) is 81.2 cm³/mol. The molecular weight excluding hydrogens is 300 g/mol. The second kappa shape index (κ2) is 5.05. The maximum Gasteiger partial charge on any atom is 0.264 e. The topological polar surface area (TPSA) is 57.7 Å². The zero-order valence-electron chi connectivity index (χ0n) is 12.0. The van der Waals surface area contributed by atoms with Gasteiger partial charge in [0.2, 0.25) is 11.8 Å². The van der Waals surface area contributed by atoms with E-state index in [1.54, 1.807) is 11.0 Å². The minimum atomic E-state index is -0.181. The van der Waals surface area contributed by atoms with Crippen LogP contribution in [-0.4, -0.2) is 46.7 Å². The standard InChI is InChI=1S/C16H16N2O3S/c19-14-11-4-1-2-5-12(11)15(20)18(14)10-8-17(9-10)16(21)13-6-3-7-22-13/h1-3,6-7,10-12H,4-5,8-9H2/t11-,12-/m1/s1. The van der Waals surface area contributed by atoms with Gasteiger partial charge in [0.1, 0.15) is 0 Å². The zero-order valence-corrected chi connectivity index (χ0v) is 12.8. The number of imide groups is 1. The highest BCUT2D eigenvalue weighted by Gasteiger charge is 2.52. The van der Waals surface area contributed by atoms with Gasteiger partial charge in [-0.05, 0) is 24.3 Å². The van der Waals surface area contributed by atoms with Crippen molar-refractivity contribution < 1.29 is 14.4 Å². The molecule has 3 amide bonds. The van der Waals surface area contributed by atoms with Crippen molar-refractivity contribution in [3.05, 3.63) is 34.5 Å². The summed E-state index contributed by atoms with van der Waals surface area (Å²) in [5.74, 6) is -0.469. The first-order valence-corrected chi connectivity index (χ1v) is 8.39. The molecule has 2 saturated heterocycles. The van der Waals surface area contributed by atoms with Gasteiger partial charge in [0.25, 0.3) is 5.91 Å². The van der Waals surface area contributed by atoms with E-state index in [1.165, 1.54) is 16.2 Å². The van der Waals surface area contributed by atoms with Gasteiger partial charge in [-0.25, -0.2) is 0 Å². The van der Waals surface area contributed by atoms with Crippen LogP contribution < -0.4 is 0 Å². The van der Waals surface area contributed by atoms with Gasteiger partial charge in [-0.15, -0.1) is 11.3 Å². The van der Waals surface area contributed by atoms with Crippen LogP contribution in [0.5, 0.6) is 0 Å². The Morgan fingerprint density at radius 3 is 2.27 bits per heavy atom. The second-order valence-electron chi connectivity index (χ2n) is 6.04. The van der Waals surface area contributed by atoms with Gasteiger partial charge < -0.3 is 4.90 Å². The van der Waals surface area contributed by atoms with Crippen molar-refractivity contribution in [2.45, 2.75) is 18.9 Å². The molecule has 3 heterocycles. The number of nitrogens with zero attached hydrogens (tertiary/aromatic N) is 2. The van der Waals surface area contributed by atoms with E-state index < -0.39 is 0 Å². The Labute approximate surface area is 132 Å². The molecule has 0 bridgehead atoms. The molecule has 1 aromatic rings. The van der Waals surface area contributed by atoms with Crippen LogP contribution in [0.3, 0.4) is 0 Å². The Bertz CT molecular complexity index is 635. The van der Waals surface area contributed by atoms with Crippen LogP contribution in [0.1, 0.15) is 22.5 Å². The molecule has 2 atom stereocenters. The number of rotatable bonds is 2. The van der Waals surface area contributed by atoms with E-state index in [-0.39, 0.29) is 35.6 Å². The highest BCUT2D eigenvalue weighted by molar-refractivity contribution is 7.12. The third kappa shape index (κ3) is 1.94. The average molecular weight is 316 g/mol. The first-order valence-electron chi connectivity index (χ1n) is 7.51. The summed E-state index contributed by atoms with van der Waals surface area (Å²) in [6.07, 6.45) is 5.30. The minimum absolute atomic E-state index is 0.00979. The van der Waals surface area contributed by atoms with Crippen molar-refractivity contribution in [3.8, 4) is 0 Å². The number of carbonyl (C=O) groups excluding carboxylic acids is 3. The molecule has 0 unspecified atom stereocenters. The normalized spacial score (nSPS) is 28.0. The summed E-state index contributed by atoms with van der Waals surface area (Å²) in [5.41, 5.74) is 0. The smallest absolute Gasteiger partial charge is 0.264 e. The number of allylic oxidation sites excluding steroid dienone is 2. The molecule has 3 aliphatic rings. The summed E-state index contributed by atoms with van der Waals surface area (Å²) < 4.78 is 0. The van der Waals surface area contributed by atoms with Crippen molar-refractivity contribution in [3.63, 3.8) is 0 Å². The number of amides is 3. The van der Waals surface area contributed by atoms with E-state index in [9.17, 15) is 14.4 Å². The molecule has 22 heavy (non-hydrogen) atoms. The lowest BCUT2D eigenvalue weighted by Gasteiger charge is -2.43. The lowest BCUT2D eigenvalue weighted by atomic mass is 9.85. The number of hydrogen-bond acceptors (Lipinski definition) is 4. The molecule has 5 nitrogen and oxygen atoms in total. The van der Waals surface area contributed by atoms with Crippen molar-refractivity contribution in [1.82, 2.24) is 9.80 Å². The molecule has 1 aliphatic carbocycles. The highest BCUT2D eigenvalue weighted by Crippen LogP contribution is 2.37. The van der Waals surface area contributed by atoms with Crippen LogP contribution in [0.25, 0.3) is 0 Å². The molecule has 0 saturated carbocycles. The number of thiophene rings is 1. The monoisotopic (exact) mass is 316 g/mol. The van der Waals surface area contributed by atoms with Crippen molar-refractivity contribution in [2.24, 2.45) is 11.8 Å². The number of carbonyl (C=O) groups is 3. The molecule has 0 spiro atoms. The SMILES string of the molecule is O=C(c1cccs1)N1CC(N2C(=O)[C@@H]3CC=CC[C@H]3C2=O)C1. The van der Waals surface area contributed by atoms with Crippen molar-refractivity contribution in [2.75, 3.05) is 13.1 Å². The van der Waals surface area contributed by atoms with Gasteiger partial charge >= 0.3 is 0 Å². The van der Waals surface area contributed by atoms with Gasteiger partial charge in [0.05, 0.1) is 22.8 Å². The fourth-order valence-corrected chi connectivity index (χ4v) is 4.22. The van der Waals surface area contributed by atoms with Crippen LogP contribution in [0, 0.1) is 11.8 Å². The molecular formula is C16H16N2O3S. The summed E-state index contributed by atoms with van der Waals surface area (Å²) >= 11 is 1.41. The summed E-state index contributed by atoms with van der Waals surface area (Å²) in [4.78, 5) is 41.0.